The molecule has 1 amide bonds. The van der Waals surface area contributed by atoms with Crippen LogP contribution in [0.25, 0.3) is 0 Å². The van der Waals surface area contributed by atoms with Crippen LogP contribution in [0.1, 0.15) is 51.0 Å². The van der Waals surface area contributed by atoms with Crippen molar-refractivity contribution in [1.29, 1.82) is 0 Å². The fourth-order valence-electron chi connectivity index (χ4n) is 5.02. The monoisotopic (exact) mass is 450 g/mol. The summed E-state index contributed by atoms with van der Waals surface area (Å²) in [7, 11) is 0. The average Bonchev–Trinajstić information content (AvgIpc) is 2.85. The Morgan fingerprint density at radius 1 is 1.09 bits per heavy atom. The molecule has 1 atom stereocenters. The predicted molar refractivity (Wildman–Crippen MR) is 133 cm³/mol. The Bertz CT molecular complexity index is 868. The zero-order valence-corrected chi connectivity index (χ0v) is 19.9. The van der Waals surface area contributed by atoms with Gasteiger partial charge in [0.2, 0.25) is 5.91 Å². The molecule has 178 valence electrons. The second-order valence-electron chi connectivity index (χ2n) is 9.39. The minimum Gasteiger partial charge on any atom is -0.370 e. The molecule has 2 N–H and O–H groups in total. The van der Waals surface area contributed by atoms with Crippen molar-refractivity contribution < 1.29 is 4.79 Å². The van der Waals surface area contributed by atoms with Crippen LogP contribution in [0.15, 0.2) is 42.7 Å². The Balaban J connectivity index is 1.17. The molecule has 0 aliphatic carbocycles. The van der Waals surface area contributed by atoms with Gasteiger partial charge in [-0.25, -0.2) is 9.97 Å². The zero-order chi connectivity index (χ0) is 22.9. The number of amides is 1. The largest absolute Gasteiger partial charge is 0.370 e. The van der Waals surface area contributed by atoms with E-state index in [0.717, 1.165) is 76.6 Å². The number of likely N-dealkylation sites (tertiary alicyclic amines) is 1. The highest BCUT2D eigenvalue weighted by molar-refractivity contribution is 5.76. The van der Waals surface area contributed by atoms with Crippen molar-refractivity contribution in [2.24, 2.45) is 5.92 Å². The van der Waals surface area contributed by atoms with Crippen LogP contribution >= 0.6 is 0 Å². The highest BCUT2D eigenvalue weighted by Gasteiger charge is 2.24. The molecule has 2 saturated heterocycles. The first kappa shape index (κ1) is 23.5. The van der Waals surface area contributed by atoms with Crippen molar-refractivity contribution in [3.05, 3.63) is 48.3 Å². The summed E-state index contributed by atoms with van der Waals surface area (Å²) in [6.07, 6.45) is 7.61. The Kier molecular flexibility index (Phi) is 8.53. The van der Waals surface area contributed by atoms with Gasteiger partial charge >= 0.3 is 0 Å². The van der Waals surface area contributed by atoms with Crippen molar-refractivity contribution in [2.75, 3.05) is 42.9 Å². The summed E-state index contributed by atoms with van der Waals surface area (Å²) in [4.78, 5) is 26.2. The van der Waals surface area contributed by atoms with E-state index < -0.39 is 0 Å². The molecule has 3 heterocycles. The molecule has 7 nitrogen and oxygen atoms in total. The lowest BCUT2D eigenvalue weighted by molar-refractivity contribution is -0.122. The first-order valence-electron chi connectivity index (χ1n) is 12.6. The highest BCUT2D eigenvalue weighted by Crippen LogP contribution is 2.25. The maximum absolute atomic E-state index is 12.6. The van der Waals surface area contributed by atoms with E-state index in [1.54, 1.807) is 6.33 Å². The maximum atomic E-state index is 12.6. The van der Waals surface area contributed by atoms with Gasteiger partial charge in [-0.2, -0.15) is 0 Å². The number of hydrogen-bond acceptors (Lipinski definition) is 6. The molecule has 1 aromatic carbocycles. The topological polar surface area (TPSA) is 73.4 Å². The summed E-state index contributed by atoms with van der Waals surface area (Å²) in [5.41, 5.74) is 1.36. The van der Waals surface area contributed by atoms with Gasteiger partial charge < -0.3 is 15.5 Å². The van der Waals surface area contributed by atoms with E-state index in [1.807, 2.05) is 6.07 Å². The van der Waals surface area contributed by atoms with Crippen molar-refractivity contribution in [2.45, 2.75) is 58.0 Å². The standard InChI is InChI=1S/C26H38N6O/c1-2-27-24-17-25(29-20-28-24)32-14-6-9-22(19-32)10-11-26(33)30-23-12-15-31(16-13-23)18-21-7-4-3-5-8-21/h3-5,7-8,17,20,22-23H,2,6,9-16,18-19H2,1H3,(H,30,33)(H,27,28,29)/t22-/m1/s1. The number of carbonyl (C=O) groups is 1. The van der Waals surface area contributed by atoms with Crippen molar-refractivity contribution >= 4 is 17.5 Å². The summed E-state index contributed by atoms with van der Waals surface area (Å²) < 4.78 is 0. The van der Waals surface area contributed by atoms with E-state index in [4.69, 9.17) is 0 Å². The number of nitrogens with one attached hydrogen (secondary N) is 2. The molecule has 33 heavy (non-hydrogen) atoms. The summed E-state index contributed by atoms with van der Waals surface area (Å²) in [5.74, 6) is 2.61. The number of aromatic nitrogens is 2. The molecule has 0 radical (unpaired) electrons. The molecule has 2 aliphatic rings. The Morgan fingerprint density at radius 3 is 2.70 bits per heavy atom. The average molecular weight is 451 g/mol. The molecular formula is C26H38N6O. The fourth-order valence-corrected chi connectivity index (χ4v) is 5.02. The molecule has 0 unspecified atom stereocenters. The van der Waals surface area contributed by atoms with Gasteiger partial charge in [0, 0.05) is 57.8 Å². The molecule has 0 bridgehead atoms. The van der Waals surface area contributed by atoms with Crippen LogP contribution in [0.3, 0.4) is 0 Å². The third-order valence-electron chi connectivity index (χ3n) is 6.83. The van der Waals surface area contributed by atoms with E-state index in [9.17, 15) is 4.79 Å². The van der Waals surface area contributed by atoms with Gasteiger partial charge in [-0.1, -0.05) is 30.3 Å². The van der Waals surface area contributed by atoms with Gasteiger partial charge in [0.05, 0.1) is 0 Å². The first-order valence-corrected chi connectivity index (χ1v) is 12.6. The van der Waals surface area contributed by atoms with Crippen molar-refractivity contribution in [3.8, 4) is 0 Å². The molecule has 1 aromatic heterocycles. The van der Waals surface area contributed by atoms with E-state index in [2.05, 4.69) is 67.7 Å². The quantitative estimate of drug-likeness (QED) is 0.607. The minimum absolute atomic E-state index is 0.213. The molecule has 7 heteroatoms. The molecule has 2 fully saturated rings. The molecule has 0 spiro atoms. The summed E-state index contributed by atoms with van der Waals surface area (Å²) in [6.45, 7) is 8.00. The second-order valence-corrected chi connectivity index (χ2v) is 9.39. The van der Waals surface area contributed by atoms with Crippen LogP contribution in [-0.2, 0) is 11.3 Å². The van der Waals surface area contributed by atoms with Gasteiger partial charge in [0.15, 0.2) is 0 Å². The predicted octanol–water partition coefficient (Wildman–Crippen LogP) is 3.69. The number of hydrogen-bond donors (Lipinski definition) is 2. The lowest BCUT2D eigenvalue weighted by Crippen LogP contribution is -2.44. The van der Waals surface area contributed by atoms with E-state index in [0.29, 0.717) is 18.4 Å². The molecular weight excluding hydrogens is 412 g/mol. The van der Waals surface area contributed by atoms with Gasteiger partial charge in [0.25, 0.3) is 0 Å². The summed E-state index contributed by atoms with van der Waals surface area (Å²) in [5, 5.41) is 6.56. The fraction of sp³-hybridized carbons (Fsp3) is 0.577. The Labute approximate surface area is 198 Å². The second kappa shape index (κ2) is 12.0. The lowest BCUT2D eigenvalue weighted by Gasteiger charge is -2.34. The van der Waals surface area contributed by atoms with Crippen molar-refractivity contribution in [3.63, 3.8) is 0 Å². The Hall–Kier alpha value is -2.67. The SMILES string of the molecule is CCNc1cc(N2CCC[C@H](CCC(=O)NC3CCN(Cc4ccccc4)CC3)C2)ncn1. The number of rotatable bonds is 9. The van der Waals surface area contributed by atoms with Gasteiger partial charge in [-0.05, 0) is 50.5 Å². The number of carbonyl (C=O) groups excluding carboxylic acids is 1. The van der Waals surface area contributed by atoms with Crippen LogP contribution in [0.2, 0.25) is 0 Å². The maximum Gasteiger partial charge on any atom is 0.220 e. The Morgan fingerprint density at radius 2 is 1.91 bits per heavy atom. The number of nitrogens with zero attached hydrogens (tertiary/aromatic N) is 4. The third kappa shape index (κ3) is 7.16. The van der Waals surface area contributed by atoms with Crippen LogP contribution in [0.4, 0.5) is 11.6 Å². The molecule has 2 aromatic rings. The third-order valence-corrected chi connectivity index (χ3v) is 6.83. The molecule has 2 aliphatic heterocycles. The van der Waals surface area contributed by atoms with Gasteiger partial charge in [0.1, 0.15) is 18.0 Å². The van der Waals surface area contributed by atoms with E-state index in [-0.39, 0.29) is 5.91 Å². The first-order chi connectivity index (χ1) is 16.2. The summed E-state index contributed by atoms with van der Waals surface area (Å²) in [6, 6.07) is 13.0. The highest BCUT2D eigenvalue weighted by atomic mass is 16.1. The molecule has 4 rings (SSSR count). The van der Waals surface area contributed by atoms with Crippen LogP contribution in [0, 0.1) is 5.92 Å². The van der Waals surface area contributed by atoms with E-state index >= 15 is 0 Å². The number of benzene rings is 1. The van der Waals surface area contributed by atoms with Crippen LogP contribution in [0.5, 0.6) is 0 Å². The van der Waals surface area contributed by atoms with Crippen molar-refractivity contribution in [1.82, 2.24) is 20.2 Å². The summed E-state index contributed by atoms with van der Waals surface area (Å²) >= 11 is 0. The normalized spacial score (nSPS) is 19.9. The van der Waals surface area contributed by atoms with Crippen LogP contribution < -0.4 is 15.5 Å². The lowest BCUT2D eigenvalue weighted by atomic mass is 9.93. The van der Waals surface area contributed by atoms with E-state index in [1.165, 1.54) is 12.0 Å². The van der Waals surface area contributed by atoms with Gasteiger partial charge in [-0.3, -0.25) is 9.69 Å². The number of piperidine rings is 2. The minimum atomic E-state index is 0.213. The van der Waals surface area contributed by atoms with Gasteiger partial charge in [-0.15, -0.1) is 0 Å². The number of anilines is 2. The molecule has 0 saturated carbocycles. The van der Waals surface area contributed by atoms with Crippen LogP contribution in [-0.4, -0.2) is 59.5 Å². The zero-order valence-electron chi connectivity index (χ0n) is 19.9. The smallest absolute Gasteiger partial charge is 0.220 e.